The van der Waals surface area contributed by atoms with Crippen LogP contribution in [0.1, 0.15) is 77.2 Å². The summed E-state index contributed by atoms with van der Waals surface area (Å²) in [6.45, 7) is 6.19. The highest BCUT2D eigenvalue weighted by atomic mass is 16.5. The maximum atomic E-state index is 13.2. The maximum absolute atomic E-state index is 13.2. The van der Waals surface area contributed by atoms with Crippen LogP contribution in [0.3, 0.4) is 0 Å². The molecule has 1 aromatic rings. The highest BCUT2D eigenvalue weighted by Crippen LogP contribution is 2.66. The molecule has 31 heavy (non-hydrogen) atoms. The Morgan fingerprint density at radius 2 is 1.90 bits per heavy atom. The fraction of sp³-hybridized carbons (Fsp3) is 0.654. The summed E-state index contributed by atoms with van der Waals surface area (Å²) in [6, 6.07) is 3.18. The third-order valence-electron chi connectivity index (χ3n) is 9.29. The molecule has 1 aromatic heterocycles. The zero-order valence-electron chi connectivity index (χ0n) is 18.7. The smallest absolute Gasteiger partial charge is 0.335 e. The summed E-state index contributed by atoms with van der Waals surface area (Å²) in [5.41, 5.74) is 1.80. The standard InChI is InChI=1S/C26H32O5/c1-15(27)31-18-8-10-25(2)17(12-18)5-6-19-20(25)9-11-26(3)21(19)13-22(28)24(26)16-4-7-23(29)30-14-16/h4,7,13-14,17-20,24H,5-6,8-12H2,1-3H3. The van der Waals surface area contributed by atoms with E-state index in [1.54, 1.807) is 6.07 Å². The summed E-state index contributed by atoms with van der Waals surface area (Å²) in [4.78, 5) is 36.0. The van der Waals surface area contributed by atoms with Crippen LogP contribution >= 0.6 is 0 Å². The van der Waals surface area contributed by atoms with E-state index in [-0.39, 0.29) is 40.2 Å². The van der Waals surface area contributed by atoms with Crippen molar-refractivity contribution in [2.24, 2.45) is 28.6 Å². The van der Waals surface area contributed by atoms with Crippen LogP contribution in [0.4, 0.5) is 0 Å². The number of esters is 1. The molecule has 0 saturated heterocycles. The Morgan fingerprint density at radius 3 is 2.61 bits per heavy atom. The van der Waals surface area contributed by atoms with Gasteiger partial charge in [-0.3, -0.25) is 9.59 Å². The summed E-state index contributed by atoms with van der Waals surface area (Å²) in [5.74, 6) is 1.32. The molecule has 3 fully saturated rings. The molecule has 0 radical (unpaired) electrons. The van der Waals surface area contributed by atoms with Crippen LogP contribution in [-0.2, 0) is 14.3 Å². The number of hydrogen-bond donors (Lipinski definition) is 0. The zero-order chi connectivity index (χ0) is 22.0. The lowest BCUT2D eigenvalue weighted by Gasteiger charge is -2.59. The molecule has 0 spiro atoms. The van der Waals surface area contributed by atoms with E-state index in [2.05, 4.69) is 13.8 Å². The van der Waals surface area contributed by atoms with Crippen molar-refractivity contribution < 1.29 is 18.7 Å². The van der Waals surface area contributed by atoms with Gasteiger partial charge in [-0.25, -0.2) is 4.79 Å². The van der Waals surface area contributed by atoms with Crippen LogP contribution in [0, 0.1) is 28.6 Å². The molecule has 0 aromatic carbocycles. The highest BCUT2D eigenvalue weighted by molar-refractivity contribution is 6.00. The van der Waals surface area contributed by atoms with E-state index in [1.165, 1.54) is 24.8 Å². The third kappa shape index (κ3) is 3.15. The molecule has 0 N–H and O–H groups in total. The molecule has 7 atom stereocenters. The van der Waals surface area contributed by atoms with Crippen LogP contribution in [-0.4, -0.2) is 17.9 Å². The van der Waals surface area contributed by atoms with E-state index < -0.39 is 0 Å². The third-order valence-corrected chi connectivity index (χ3v) is 9.29. The Labute approximate surface area is 183 Å². The average Bonchev–Trinajstić information content (AvgIpc) is 2.99. The average molecular weight is 425 g/mol. The van der Waals surface area contributed by atoms with Crippen molar-refractivity contribution in [1.29, 1.82) is 0 Å². The summed E-state index contributed by atoms with van der Waals surface area (Å²) in [6.07, 6.45) is 10.8. The van der Waals surface area contributed by atoms with E-state index in [9.17, 15) is 14.4 Å². The van der Waals surface area contributed by atoms with Gasteiger partial charge in [-0.15, -0.1) is 0 Å². The summed E-state index contributed by atoms with van der Waals surface area (Å²) < 4.78 is 10.7. The maximum Gasteiger partial charge on any atom is 0.335 e. The molecule has 3 saturated carbocycles. The van der Waals surface area contributed by atoms with Crippen molar-refractivity contribution in [3.8, 4) is 0 Å². The quantitative estimate of drug-likeness (QED) is 0.638. The van der Waals surface area contributed by atoms with Gasteiger partial charge in [0.25, 0.3) is 0 Å². The fourth-order valence-corrected chi connectivity index (χ4v) is 7.82. The molecule has 7 unspecified atom stereocenters. The van der Waals surface area contributed by atoms with Gasteiger partial charge in [-0.2, -0.15) is 0 Å². The van der Waals surface area contributed by atoms with E-state index >= 15 is 0 Å². The molecule has 1 heterocycles. The Balaban J connectivity index is 1.42. The van der Waals surface area contributed by atoms with Gasteiger partial charge in [-0.05, 0) is 85.8 Å². The monoisotopic (exact) mass is 424 g/mol. The lowest BCUT2D eigenvalue weighted by molar-refractivity contribution is -0.155. The van der Waals surface area contributed by atoms with E-state index in [1.807, 2.05) is 6.08 Å². The number of hydrogen-bond acceptors (Lipinski definition) is 5. The second kappa shape index (κ2) is 7.18. The minimum atomic E-state index is -0.383. The van der Waals surface area contributed by atoms with Gasteiger partial charge in [0.15, 0.2) is 5.78 Å². The van der Waals surface area contributed by atoms with Crippen molar-refractivity contribution in [3.63, 3.8) is 0 Å². The molecule has 0 aliphatic heterocycles. The molecule has 5 rings (SSSR count). The van der Waals surface area contributed by atoms with Crippen molar-refractivity contribution >= 4 is 11.8 Å². The first-order chi connectivity index (χ1) is 14.7. The lowest BCUT2D eigenvalue weighted by Crippen LogP contribution is -2.52. The Bertz CT molecular complexity index is 985. The van der Waals surface area contributed by atoms with Crippen molar-refractivity contribution in [2.75, 3.05) is 0 Å². The predicted molar refractivity (Wildman–Crippen MR) is 115 cm³/mol. The number of rotatable bonds is 2. The highest BCUT2D eigenvalue weighted by Gasteiger charge is 2.59. The van der Waals surface area contributed by atoms with Crippen LogP contribution in [0.15, 0.2) is 39.3 Å². The van der Waals surface area contributed by atoms with E-state index in [0.717, 1.165) is 50.5 Å². The van der Waals surface area contributed by atoms with Crippen molar-refractivity contribution in [2.45, 2.75) is 77.7 Å². The molecule has 5 heteroatoms. The predicted octanol–water partition coefficient (Wildman–Crippen LogP) is 4.80. The molecule has 4 aliphatic carbocycles. The van der Waals surface area contributed by atoms with Crippen LogP contribution < -0.4 is 5.63 Å². The van der Waals surface area contributed by atoms with Crippen LogP contribution in [0.5, 0.6) is 0 Å². The van der Waals surface area contributed by atoms with Gasteiger partial charge < -0.3 is 9.15 Å². The Kier molecular flexibility index (Phi) is 4.80. The number of fused-ring (bicyclic) bond motifs is 5. The molecular weight excluding hydrogens is 392 g/mol. The molecular formula is C26H32O5. The normalized spacial score (nSPS) is 41.6. The van der Waals surface area contributed by atoms with Gasteiger partial charge >= 0.3 is 11.6 Å². The SMILES string of the molecule is CC(=O)OC1CCC2(C)C(CCC3C4=CC(=O)C(c5ccc(=O)oc5)C4(C)CCC32)C1. The number of allylic oxidation sites excluding steroid dienone is 2. The first-order valence-electron chi connectivity index (χ1n) is 11.7. The van der Waals surface area contributed by atoms with Gasteiger partial charge in [0.2, 0.25) is 0 Å². The summed E-state index contributed by atoms with van der Waals surface area (Å²) in [7, 11) is 0. The van der Waals surface area contributed by atoms with E-state index in [4.69, 9.17) is 9.15 Å². The molecule has 0 bridgehead atoms. The minimum absolute atomic E-state index is 0.0605. The van der Waals surface area contributed by atoms with Gasteiger partial charge in [-0.1, -0.05) is 19.4 Å². The largest absolute Gasteiger partial charge is 0.463 e. The van der Waals surface area contributed by atoms with Gasteiger partial charge in [0, 0.05) is 18.4 Å². The van der Waals surface area contributed by atoms with Crippen LogP contribution in [0.2, 0.25) is 0 Å². The molecule has 166 valence electrons. The lowest BCUT2D eigenvalue weighted by atomic mass is 9.45. The number of ketones is 1. The number of carbonyl (C=O) groups is 2. The second-order valence-electron chi connectivity index (χ2n) is 10.8. The van der Waals surface area contributed by atoms with Crippen molar-refractivity contribution in [1.82, 2.24) is 0 Å². The molecule has 0 amide bonds. The molecule has 5 nitrogen and oxygen atoms in total. The summed E-state index contributed by atoms with van der Waals surface area (Å²) in [5, 5.41) is 0. The Morgan fingerprint density at radius 1 is 1.10 bits per heavy atom. The first-order valence-corrected chi connectivity index (χ1v) is 11.7. The fourth-order valence-electron chi connectivity index (χ4n) is 7.82. The minimum Gasteiger partial charge on any atom is -0.463 e. The molecule has 4 aliphatic rings. The topological polar surface area (TPSA) is 73.6 Å². The van der Waals surface area contributed by atoms with Crippen molar-refractivity contribution in [3.05, 3.63) is 46.0 Å². The van der Waals surface area contributed by atoms with Gasteiger partial charge in [0.05, 0.1) is 12.2 Å². The zero-order valence-corrected chi connectivity index (χ0v) is 18.7. The summed E-state index contributed by atoms with van der Waals surface area (Å²) >= 11 is 0. The first kappa shape index (κ1) is 20.7. The Hall–Kier alpha value is -2.17. The number of carbonyl (C=O) groups excluding carboxylic acids is 2. The van der Waals surface area contributed by atoms with Gasteiger partial charge in [0.1, 0.15) is 6.10 Å². The number of ether oxygens (including phenoxy) is 1. The van der Waals surface area contributed by atoms with Crippen LogP contribution in [0.25, 0.3) is 0 Å². The second-order valence-corrected chi connectivity index (χ2v) is 10.8. The van der Waals surface area contributed by atoms with E-state index in [0.29, 0.717) is 17.8 Å².